The predicted molar refractivity (Wildman–Crippen MR) is 148 cm³/mol. The van der Waals surface area contributed by atoms with Gasteiger partial charge in [0, 0.05) is 19.4 Å². The molecule has 5 aliphatic rings. The van der Waals surface area contributed by atoms with Crippen LogP contribution in [-0.4, -0.2) is 37.0 Å². The SMILES string of the molecule is CO[C@H]1CC[C@@]2(C)[C@@H](CC[C@@]3(C)CC4=CC[C@@H]5[C@](C)(CC[C@H](O)[C@]5(C)COC(C)=O)[C@H]4CC[C@@H]32)C1(C)C. The van der Waals surface area contributed by atoms with Crippen molar-refractivity contribution in [1.29, 1.82) is 0 Å². The van der Waals surface area contributed by atoms with Gasteiger partial charge in [-0.3, -0.25) is 4.79 Å². The molecule has 0 amide bonds. The quantitative estimate of drug-likeness (QED) is 0.316. The van der Waals surface area contributed by atoms with E-state index in [-0.39, 0.29) is 22.2 Å². The molecule has 5 aliphatic carbocycles. The summed E-state index contributed by atoms with van der Waals surface area (Å²) in [5.74, 6) is 2.12. The second-order valence-corrected chi connectivity index (χ2v) is 15.6. The van der Waals surface area contributed by atoms with Gasteiger partial charge in [0.05, 0.1) is 18.8 Å². The van der Waals surface area contributed by atoms with Crippen molar-refractivity contribution in [3.8, 4) is 0 Å². The van der Waals surface area contributed by atoms with E-state index in [1.807, 2.05) is 7.11 Å². The Hall–Kier alpha value is -0.870. The molecule has 0 aromatic rings. The predicted octanol–water partition coefficient (Wildman–Crippen LogP) is 7.34. The first-order chi connectivity index (χ1) is 17.2. The summed E-state index contributed by atoms with van der Waals surface area (Å²) < 4.78 is 11.6. The monoisotopic (exact) mass is 514 g/mol. The lowest BCUT2D eigenvalue weighted by molar-refractivity contribution is -0.178. The van der Waals surface area contributed by atoms with Crippen LogP contribution in [0.1, 0.15) is 113 Å². The van der Waals surface area contributed by atoms with E-state index in [0.717, 1.165) is 25.2 Å². The largest absolute Gasteiger partial charge is 0.465 e. The second kappa shape index (κ2) is 9.08. The van der Waals surface area contributed by atoms with Crippen LogP contribution in [-0.2, 0) is 14.3 Å². The molecule has 0 aromatic carbocycles. The van der Waals surface area contributed by atoms with Gasteiger partial charge in [0.1, 0.15) is 0 Å². The Morgan fingerprint density at radius 1 is 0.919 bits per heavy atom. The number of rotatable bonds is 3. The summed E-state index contributed by atoms with van der Waals surface area (Å²) in [5.41, 5.74) is 2.42. The van der Waals surface area contributed by atoms with E-state index in [9.17, 15) is 9.90 Å². The van der Waals surface area contributed by atoms with Crippen molar-refractivity contribution < 1.29 is 19.4 Å². The minimum absolute atomic E-state index is 0.148. The van der Waals surface area contributed by atoms with Crippen LogP contribution in [0.3, 0.4) is 0 Å². The summed E-state index contributed by atoms with van der Waals surface area (Å²) in [6.07, 6.45) is 14.3. The molecule has 0 radical (unpaired) electrons. The van der Waals surface area contributed by atoms with Crippen LogP contribution in [0.5, 0.6) is 0 Å². The van der Waals surface area contributed by atoms with Crippen molar-refractivity contribution >= 4 is 5.97 Å². The van der Waals surface area contributed by atoms with E-state index >= 15 is 0 Å². The van der Waals surface area contributed by atoms with Crippen molar-refractivity contribution in [2.75, 3.05) is 13.7 Å². The first-order valence-corrected chi connectivity index (χ1v) is 15.3. The molecular formula is C33H54O4. The number of carbonyl (C=O) groups is 1. The van der Waals surface area contributed by atoms with Crippen molar-refractivity contribution in [2.24, 2.45) is 50.7 Å². The fourth-order valence-electron chi connectivity index (χ4n) is 11.6. The fourth-order valence-corrected chi connectivity index (χ4v) is 11.6. The minimum Gasteiger partial charge on any atom is -0.465 e. The standard InChI is InChI=1S/C33H54O4/c1-21(34)37-20-33(7)26-11-9-22-19-30(4)16-13-24-29(2,3)28(36-8)15-18-32(24,6)25(30)12-10-23(22)31(26,5)17-14-27(33)35/h9,23-28,35H,10-20H2,1-8H3/t23-,24-,25-,26+,27-,28-,30-,31+,32-,33+/m0/s1. The third-order valence-electron chi connectivity index (χ3n) is 13.5. The maximum atomic E-state index is 11.7. The number of fused-ring (bicyclic) bond motifs is 6. The van der Waals surface area contributed by atoms with Crippen molar-refractivity contribution in [3.63, 3.8) is 0 Å². The van der Waals surface area contributed by atoms with Gasteiger partial charge in [-0.1, -0.05) is 53.2 Å². The lowest BCUT2D eigenvalue weighted by Gasteiger charge is -2.64. The smallest absolute Gasteiger partial charge is 0.302 e. The summed E-state index contributed by atoms with van der Waals surface area (Å²) in [5, 5.41) is 11.2. The molecule has 10 atom stereocenters. The number of ether oxygens (including phenoxy) is 2. The molecule has 0 heterocycles. The third kappa shape index (κ3) is 4.00. The highest BCUT2D eigenvalue weighted by Crippen LogP contribution is 2.70. The van der Waals surface area contributed by atoms with E-state index in [1.165, 1.54) is 51.9 Å². The zero-order valence-corrected chi connectivity index (χ0v) is 25.0. The Kier molecular flexibility index (Phi) is 6.80. The Morgan fingerprint density at radius 2 is 1.62 bits per heavy atom. The molecular weight excluding hydrogens is 460 g/mol. The van der Waals surface area contributed by atoms with Gasteiger partial charge >= 0.3 is 5.97 Å². The highest BCUT2D eigenvalue weighted by Gasteiger charge is 2.63. The molecule has 0 aliphatic heterocycles. The van der Waals surface area contributed by atoms with Gasteiger partial charge in [-0.05, 0) is 110 Å². The van der Waals surface area contributed by atoms with Crippen molar-refractivity contribution in [2.45, 2.75) is 125 Å². The summed E-state index contributed by atoms with van der Waals surface area (Å²) >= 11 is 0. The molecule has 0 spiro atoms. The summed E-state index contributed by atoms with van der Waals surface area (Å²) in [6.45, 7) is 16.7. The van der Waals surface area contributed by atoms with Crippen LogP contribution < -0.4 is 0 Å². The zero-order chi connectivity index (χ0) is 27.0. The Bertz CT molecular complexity index is 939. The molecule has 1 N–H and O–H groups in total. The third-order valence-corrected chi connectivity index (χ3v) is 13.5. The number of aliphatic hydroxyl groups is 1. The van der Waals surface area contributed by atoms with Crippen LogP contribution in [0.15, 0.2) is 11.6 Å². The Balaban J connectivity index is 1.47. The van der Waals surface area contributed by atoms with Crippen LogP contribution in [0, 0.1) is 50.7 Å². The van der Waals surface area contributed by atoms with E-state index in [4.69, 9.17) is 9.47 Å². The van der Waals surface area contributed by atoms with E-state index in [1.54, 1.807) is 5.57 Å². The van der Waals surface area contributed by atoms with Crippen molar-refractivity contribution in [1.82, 2.24) is 0 Å². The molecule has 37 heavy (non-hydrogen) atoms. The van der Waals surface area contributed by atoms with E-state index in [2.05, 4.69) is 47.6 Å². The molecule has 4 saturated carbocycles. The average Bonchev–Trinajstić information content (AvgIpc) is 2.97. The minimum atomic E-state index is -0.413. The van der Waals surface area contributed by atoms with E-state index in [0.29, 0.717) is 41.3 Å². The number of hydrogen-bond acceptors (Lipinski definition) is 4. The number of carbonyl (C=O) groups excluding carboxylic acids is 1. The van der Waals surface area contributed by atoms with Crippen LogP contribution in [0.2, 0.25) is 0 Å². The van der Waals surface area contributed by atoms with Gasteiger partial charge < -0.3 is 14.6 Å². The molecule has 4 heteroatoms. The topological polar surface area (TPSA) is 55.8 Å². The Labute approximate surface area is 226 Å². The van der Waals surface area contributed by atoms with Gasteiger partial charge in [0.2, 0.25) is 0 Å². The number of aliphatic hydroxyl groups excluding tert-OH is 1. The molecule has 5 rings (SSSR count). The van der Waals surface area contributed by atoms with Crippen LogP contribution >= 0.6 is 0 Å². The number of allylic oxidation sites excluding steroid dienone is 2. The first kappa shape index (κ1) is 27.7. The molecule has 0 bridgehead atoms. The summed E-state index contributed by atoms with van der Waals surface area (Å²) in [6, 6.07) is 0. The zero-order valence-electron chi connectivity index (χ0n) is 25.0. The molecule has 0 saturated heterocycles. The first-order valence-electron chi connectivity index (χ1n) is 15.3. The van der Waals surface area contributed by atoms with Gasteiger partial charge in [-0.2, -0.15) is 0 Å². The maximum Gasteiger partial charge on any atom is 0.302 e. The molecule has 0 unspecified atom stereocenters. The second-order valence-electron chi connectivity index (χ2n) is 15.6. The molecule has 0 aromatic heterocycles. The summed E-state index contributed by atoms with van der Waals surface area (Å²) in [4.78, 5) is 11.7. The highest BCUT2D eigenvalue weighted by molar-refractivity contribution is 5.65. The highest BCUT2D eigenvalue weighted by atomic mass is 16.5. The molecule has 4 nitrogen and oxygen atoms in total. The van der Waals surface area contributed by atoms with Crippen LogP contribution in [0.4, 0.5) is 0 Å². The normalized spacial score (nSPS) is 50.9. The van der Waals surface area contributed by atoms with Gasteiger partial charge in [-0.15, -0.1) is 0 Å². The molecule has 210 valence electrons. The summed E-state index contributed by atoms with van der Waals surface area (Å²) in [7, 11) is 1.91. The van der Waals surface area contributed by atoms with Gasteiger partial charge in [0.15, 0.2) is 0 Å². The number of esters is 1. The lowest BCUT2D eigenvalue weighted by atomic mass is 9.42. The lowest BCUT2D eigenvalue weighted by Crippen LogP contribution is -2.58. The van der Waals surface area contributed by atoms with Crippen molar-refractivity contribution in [3.05, 3.63) is 11.6 Å². The number of methoxy groups -OCH3 is 1. The number of hydrogen-bond donors (Lipinski definition) is 1. The van der Waals surface area contributed by atoms with Crippen LogP contribution in [0.25, 0.3) is 0 Å². The average molecular weight is 515 g/mol. The maximum absolute atomic E-state index is 11.7. The van der Waals surface area contributed by atoms with Gasteiger partial charge in [0.25, 0.3) is 0 Å². The molecule has 4 fully saturated rings. The Morgan fingerprint density at radius 3 is 2.30 bits per heavy atom. The fraction of sp³-hybridized carbons (Fsp3) is 0.909. The van der Waals surface area contributed by atoms with E-state index < -0.39 is 6.10 Å². The van der Waals surface area contributed by atoms with Gasteiger partial charge in [-0.25, -0.2) is 0 Å².